The molecule has 4 saturated heterocycles. The van der Waals surface area contributed by atoms with Gasteiger partial charge in [0.05, 0.1) is 24.3 Å². The topological polar surface area (TPSA) is 140 Å². The fourth-order valence-corrected chi connectivity index (χ4v) is 12.7. The predicted molar refractivity (Wildman–Crippen MR) is 289 cm³/mol. The van der Waals surface area contributed by atoms with Crippen molar-refractivity contribution in [2.75, 3.05) is 52.5 Å². The van der Waals surface area contributed by atoms with E-state index in [2.05, 4.69) is 23.6 Å². The highest BCUT2D eigenvalue weighted by Crippen LogP contribution is 2.47. The molecule has 0 spiro atoms. The first-order chi connectivity index (χ1) is 36.4. The Hall–Kier alpha value is -4.70. The Morgan fingerprint density at radius 3 is 1.22 bits per heavy atom. The number of piperidine rings is 2. The van der Waals surface area contributed by atoms with E-state index in [-0.39, 0.29) is 46.9 Å². The van der Waals surface area contributed by atoms with Crippen LogP contribution < -0.4 is 9.47 Å². The van der Waals surface area contributed by atoms with Crippen molar-refractivity contribution in [2.24, 2.45) is 11.8 Å². The molecular formula is C58H66Cl4F2N4O8. The smallest absolute Gasteiger partial charge is 0.326 e. The standard InChI is InChI=1S/2C29H33Cl2FN2O4/c2*1-17(20-10-21(30)12-22(31)11-20)33-8-2-4-18(15-33)16-38-27-14-25(32)24(13-23(27)19-6-7-19)28(35)34-9-3-5-26(34)29(36)37/h2*10-14,17-19,26H,2-9,15-16H2,1H3,(H,36,37)/t17-,18+,26+;17-,18-,26-/m10/s1. The summed E-state index contributed by atoms with van der Waals surface area (Å²) in [6, 6.07) is 15.6. The van der Waals surface area contributed by atoms with Crippen LogP contribution in [0.3, 0.4) is 0 Å². The van der Waals surface area contributed by atoms with Crippen molar-refractivity contribution >= 4 is 70.2 Å². The van der Waals surface area contributed by atoms with Gasteiger partial charge in [0.1, 0.15) is 35.2 Å². The highest BCUT2D eigenvalue weighted by molar-refractivity contribution is 6.35. The molecule has 76 heavy (non-hydrogen) atoms. The number of aliphatic carboxylic acids is 2. The van der Waals surface area contributed by atoms with Crippen molar-refractivity contribution in [1.29, 1.82) is 0 Å². The molecule has 6 fully saturated rings. The third-order valence-corrected chi connectivity index (χ3v) is 17.0. The Bertz CT molecular complexity index is 2590. The van der Waals surface area contributed by atoms with Gasteiger partial charge in [0.25, 0.3) is 11.8 Å². The molecule has 4 heterocycles. The number of carbonyl (C=O) groups excluding carboxylic acids is 2. The fraction of sp³-hybridized carbons (Fsp3) is 0.517. The van der Waals surface area contributed by atoms with Crippen molar-refractivity contribution in [3.05, 3.63) is 126 Å². The number of rotatable bonds is 16. The fourth-order valence-electron chi connectivity index (χ4n) is 11.6. The first kappa shape index (κ1) is 56.0. The molecule has 18 heteroatoms. The van der Waals surface area contributed by atoms with Gasteiger partial charge in [-0.2, -0.15) is 0 Å². The van der Waals surface area contributed by atoms with Gasteiger partial charge in [0.15, 0.2) is 0 Å². The molecular weight excluding hydrogens is 1060 g/mol. The largest absolute Gasteiger partial charge is 0.493 e. The number of likely N-dealkylation sites (tertiary alicyclic amines) is 4. The maximum atomic E-state index is 15.2. The van der Waals surface area contributed by atoms with Crippen LogP contribution in [0.15, 0.2) is 60.7 Å². The summed E-state index contributed by atoms with van der Waals surface area (Å²) in [5.74, 6) is -2.53. The molecule has 2 N–H and O–H groups in total. The molecule has 2 amide bonds. The Morgan fingerprint density at radius 2 is 0.882 bits per heavy atom. The van der Waals surface area contributed by atoms with Crippen LogP contribution in [0.4, 0.5) is 8.78 Å². The molecule has 2 aliphatic carbocycles. The molecule has 6 aliphatic rings. The number of carboxylic acid groups (broad SMARTS) is 2. The zero-order chi connectivity index (χ0) is 53.9. The molecule has 0 unspecified atom stereocenters. The Kier molecular flexibility index (Phi) is 18.1. The lowest BCUT2D eigenvalue weighted by Gasteiger charge is -2.37. The molecule has 0 bridgehead atoms. The van der Waals surface area contributed by atoms with Crippen molar-refractivity contribution in [3.63, 3.8) is 0 Å². The third-order valence-electron chi connectivity index (χ3n) is 16.2. The van der Waals surface area contributed by atoms with Crippen molar-refractivity contribution in [3.8, 4) is 11.5 Å². The first-order valence-corrected chi connectivity index (χ1v) is 28.3. The SMILES string of the molecule is C[C@@H](c1cc(Cl)cc(Cl)c1)N1CCC[C@H](COc2cc(F)c(C(=O)N3CCC[C@H]3C(=O)O)cc2C2CC2)C1.C[C@H](c1cc(Cl)cc(Cl)c1)N1CCC[C@H](COc2cc(F)c(C(=O)N3CCC[C@H]3C(=O)O)cc2C2CC2)C1. The lowest BCUT2D eigenvalue weighted by Crippen LogP contribution is -2.40. The minimum Gasteiger partial charge on any atom is -0.493 e. The van der Waals surface area contributed by atoms with E-state index in [9.17, 15) is 29.4 Å². The molecule has 408 valence electrons. The van der Waals surface area contributed by atoms with Crippen LogP contribution in [0.1, 0.15) is 158 Å². The summed E-state index contributed by atoms with van der Waals surface area (Å²) in [6.45, 7) is 9.48. The number of nitrogens with zero attached hydrogens (tertiary/aromatic N) is 4. The summed E-state index contributed by atoms with van der Waals surface area (Å²) in [7, 11) is 0. The van der Waals surface area contributed by atoms with Crippen LogP contribution >= 0.6 is 46.4 Å². The monoisotopic (exact) mass is 1120 g/mol. The zero-order valence-electron chi connectivity index (χ0n) is 42.9. The quantitative estimate of drug-likeness (QED) is 0.111. The van der Waals surface area contributed by atoms with Crippen LogP contribution in [0.2, 0.25) is 20.1 Å². The maximum Gasteiger partial charge on any atom is 0.326 e. The average molecular weight is 1130 g/mol. The van der Waals surface area contributed by atoms with E-state index in [0.29, 0.717) is 83.6 Å². The molecule has 4 aromatic carbocycles. The van der Waals surface area contributed by atoms with E-state index in [1.54, 1.807) is 24.3 Å². The van der Waals surface area contributed by atoms with E-state index in [0.717, 1.165) is 99.8 Å². The van der Waals surface area contributed by atoms with Crippen LogP contribution in [-0.4, -0.2) is 118 Å². The number of benzene rings is 4. The number of halogens is 6. The van der Waals surface area contributed by atoms with Crippen molar-refractivity contribution in [1.82, 2.24) is 19.6 Å². The van der Waals surface area contributed by atoms with E-state index < -0.39 is 47.5 Å². The number of hydrogen-bond acceptors (Lipinski definition) is 8. The number of ether oxygens (including phenoxy) is 2. The molecule has 2 saturated carbocycles. The lowest BCUT2D eigenvalue weighted by molar-refractivity contribution is -0.142. The Balaban J connectivity index is 0.000000186. The molecule has 4 aromatic rings. The average Bonchev–Trinajstić information content (AvgIpc) is 4.32. The molecule has 10 rings (SSSR count). The summed E-state index contributed by atoms with van der Waals surface area (Å²) in [5.41, 5.74) is 3.71. The normalized spacial score (nSPS) is 22.9. The number of carboxylic acids is 2. The summed E-state index contributed by atoms with van der Waals surface area (Å²) >= 11 is 24.9. The molecule has 0 aromatic heterocycles. The van der Waals surface area contributed by atoms with Gasteiger partial charge in [0, 0.05) is 82.3 Å². The number of carbonyl (C=O) groups is 4. The van der Waals surface area contributed by atoms with Crippen LogP contribution in [-0.2, 0) is 9.59 Å². The Morgan fingerprint density at radius 1 is 0.526 bits per heavy atom. The molecule has 0 radical (unpaired) electrons. The third kappa shape index (κ3) is 13.4. The second-order valence-electron chi connectivity index (χ2n) is 21.7. The van der Waals surface area contributed by atoms with Gasteiger partial charge in [-0.3, -0.25) is 19.4 Å². The van der Waals surface area contributed by atoms with Gasteiger partial charge in [-0.15, -0.1) is 0 Å². The lowest BCUT2D eigenvalue weighted by atomic mass is 9.95. The van der Waals surface area contributed by atoms with Gasteiger partial charge < -0.3 is 29.5 Å². The van der Waals surface area contributed by atoms with E-state index >= 15 is 8.78 Å². The highest BCUT2D eigenvalue weighted by atomic mass is 35.5. The van der Waals surface area contributed by atoms with E-state index in [4.69, 9.17) is 55.9 Å². The maximum absolute atomic E-state index is 15.2. The number of hydrogen-bond donors (Lipinski definition) is 2. The second-order valence-corrected chi connectivity index (χ2v) is 23.4. The van der Waals surface area contributed by atoms with Crippen LogP contribution in [0, 0.1) is 23.5 Å². The van der Waals surface area contributed by atoms with E-state index in [1.807, 2.05) is 24.3 Å². The minimum atomic E-state index is -1.05. The molecule has 4 aliphatic heterocycles. The highest BCUT2D eigenvalue weighted by Gasteiger charge is 2.39. The van der Waals surface area contributed by atoms with Crippen LogP contribution in [0.5, 0.6) is 11.5 Å². The Labute approximate surface area is 463 Å². The zero-order valence-corrected chi connectivity index (χ0v) is 46.0. The summed E-state index contributed by atoms with van der Waals surface area (Å²) in [6.07, 6.45) is 9.94. The van der Waals surface area contributed by atoms with Gasteiger partial charge >= 0.3 is 11.9 Å². The summed E-state index contributed by atoms with van der Waals surface area (Å²) in [5, 5.41) is 21.4. The van der Waals surface area contributed by atoms with Gasteiger partial charge in [0.2, 0.25) is 0 Å². The molecule has 12 nitrogen and oxygen atoms in total. The van der Waals surface area contributed by atoms with Gasteiger partial charge in [-0.1, -0.05) is 46.4 Å². The van der Waals surface area contributed by atoms with Crippen LogP contribution in [0.25, 0.3) is 0 Å². The number of amides is 2. The molecule has 6 atom stereocenters. The van der Waals surface area contributed by atoms with Gasteiger partial charge in [-0.05, 0) is 187 Å². The van der Waals surface area contributed by atoms with Crippen molar-refractivity contribution in [2.45, 2.75) is 127 Å². The first-order valence-electron chi connectivity index (χ1n) is 26.8. The van der Waals surface area contributed by atoms with Crippen molar-refractivity contribution < 1.29 is 47.6 Å². The summed E-state index contributed by atoms with van der Waals surface area (Å²) < 4.78 is 42.9. The second kappa shape index (κ2) is 24.5. The predicted octanol–water partition coefficient (Wildman–Crippen LogP) is 13.1. The van der Waals surface area contributed by atoms with Gasteiger partial charge in [-0.25, -0.2) is 18.4 Å². The summed E-state index contributed by atoms with van der Waals surface area (Å²) in [4.78, 5) is 56.7. The minimum absolute atomic E-state index is 0.0646. The van der Waals surface area contributed by atoms with E-state index in [1.165, 1.54) is 21.9 Å².